The Morgan fingerprint density at radius 2 is 1.95 bits per heavy atom. The molecule has 0 radical (unpaired) electrons. The number of halogens is 2. The average Bonchev–Trinajstić information content (AvgIpc) is 2.86. The quantitative estimate of drug-likeness (QED) is 0.559. The molecule has 0 unspecified atom stereocenters. The number of aromatic amines is 1. The van der Waals surface area contributed by atoms with Crippen LogP contribution in [-0.4, -0.2) is 16.2 Å². The number of rotatable bonds is 3. The Hall–Kier alpha value is -2.04. The maximum Gasteiger partial charge on any atom is 0.222 e. The van der Waals surface area contributed by atoms with E-state index in [0.717, 1.165) is 16.6 Å². The van der Waals surface area contributed by atoms with Gasteiger partial charge in [0.2, 0.25) is 5.95 Å². The molecule has 3 aromatic rings. The zero-order valence-corrected chi connectivity index (χ0v) is 11.8. The van der Waals surface area contributed by atoms with Crippen molar-refractivity contribution in [2.24, 2.45) is 5.10 Å². The second-order valence-corrected chi connectivity index (χ2v) is 4.90. The SMILES string of the molecule is Clc1cccc(C=NNc2nc3ccccc3[nH]2)c1Cl. The number of hydrogen-bond donors (Lipinski definition) is 2. The van der Waals surface area contributed by atoms with Crippen LogP contribution in [0.1, 0.15) is 5.56 Å². The van der Waals surface area contributed by atoms with Gasteiger partial charge in [0.05, 0.1) is 27.3 Å². The summed E-state index contributed by atoms with van der Waals surface area (Å²) in [5, 5.41) is 5.07. The Morgan fingerprint density at radius 1 is 1.10 bits per heavy atom. The molecule has 20 heavy (non-hydrogen) atoms. The Kier molecular flexibility index (Phi) is 3.58. The number of aromatic nitrogens is 2. The van der Waals surface area contributed by atoms with Crippen molar-refractivity contribution in [3.8, 4) is 0 Å². The summed E-state index contributed by atoms with van der Waals surface area (Å²) in [6, 6.07) is 13.1. The molecule has 0 bridgehead atoms. The van der Waals surface area contributed by atoms with Crippen LogP contribution in [0.3, 0.4) is 0 Å². The topological polar surface area (TPSA) is 53.1 Å². The van der Waals surface area contributed by atoms with Crippen molar-refractivity contribution in [3.05, 3.63) is 58.1 Å². The number of nitrogens with one attached hydrogen (secondary N) is 2. The highest BCUT2D eigenvalue weighted by Gasteiger charge is 2.02. The fourth-order valence-corrected chi connectivity index (χ4v) is 2.15. The molecule has 0 saturated heterocycles. The number of imidazole rings is 1. The highest BCUT2D eigenvalue weighted by atomic mass is 35.5. The summed E-state index contributed by atoms with van der Waals surface area (Å²) in [6.07, 6.45) is 1.60. The molecule has 0 amide bonds. The van der Waals surface area contributed by atoms with Crippen molar-refractivity contribution in [1.29, 1.82) is 0 Å². The highest BCUT2D eigenvalue weighted by molar-refractivity contribution is 6.43. The van der Waals surface area contributed by atoms with Crippen LogP contribution in [0.4, 0.5) is 5.95 Å². The maximum atomic E-state index is 6.06. The first-order chi connectivity index (χ1) is 9.74. The first kappa shape index (κ1) is 13.0. The third-order valence-electron chi connectivity index (χ3n) is 2.74. The lowest BCUT2D eigenvalue weighted by Crippen LogP contribution is -1.93. The highest BCUT2D eigenvalue weighted by Crippen LogP contribution is 2.24. The van der Waals surface area contributed by atoms with E-state index >= 15 is 0 Å². The second-order valence-electron chi connectivity index (χ2n) is 4.12. The van der Waals surface area contributed by atoms with E-state index in [-0.39, 0.29) is 0 Å². The van der Waals surface area contributed by atoms with E-state index in [1.54, 1.807) is 12.3 Å². The number of anilines is 1. The van der Waals surface area contributed by atoms with Gasteiger partial charge in [0.15, 0.2) is 0 Å². The van der Waals surface area contributed by atoms with E-state index in [1.165, 1.54) is 0 Å². The molecule has 0 aliphatic heterocycles. The maximum absolute atomic E-state index is 6.06. The summed E-state index contributed by atoms with van der Waals surface area (Å²) in [5.74, 6) is 0.570. The molecule has 0 saturated carbocycles. The van der Waals surface area contributed by atoms with Gasteiger partial charge in [0.25, 0.3) is 0 Å². The molecule has 100 valence electrons. The summed E-state index contributed by atoms with van der Waals surface area (Å²) < 4.78 is 0. The van der Waals surface area contributed by atoms with Gasteiger partial charge in [-0.3, -0.25) is 0 Å². The summed E-state index contributed by atoms with van der Waals surface area (Å²) in [5.41, 5.74) is 5.40. The third-order valence-corrected chi connectivity index (χ3v) is 3.58. The Bertz CT molecular complexity index is 747. The number of H-pyrrole nitrogens is 1. The number of hydrazone groups is 1. The minimum Gasteiger partial charge on any atom is -0.323 e. The van der Waals surface area contributed by atoms with E-state index < -0.39 is 0 Å². The van der Waals surface area contributed by atoms with Crippen LogP contribution in [0.2, 0.25) is 10.0 Å². The van der Waals surface area contributed by atoms with Gasteiger partial charge in [-0.05, 0) is 18.2 Å². The second kappa shape index (κ2) is 5.53. The summed E-state index contributed by atoms with van der Waals surface area (Å²) in [7, 11) is 0. The lowest BCUT2D eigenvalue weighted by Gasteiger charge is -1.99. The van der Waals surface area contributed by atoms with Crippen LogP contribution < -0.4 is 5.43 Å². The van der Waals surface area contributed by atoms with Crippen LogP contribution in [0, 0.1) is 0 Å². The molecule has 4 nitrogen and oxygen atoms in total. The zero-order chi connectivity index (χ0) is 13.9. The number of benzene rings is 2. The van der Waals surface area contributed by atoms with Crippen molar-refractivity contribution in [2.45, 2.75) is 0 Å². The predicted octanol–water partition coefficient (Wildman–Crippen LogP) is 4.32. The standard InChI is InChI=1S/C14H10Cl2N4/c15-10-5-3-4-9(13(10)16)8-17-20-14-18-11-6-1-2-7-12(11)19-14/h1-8H,(H2,18,19,20). The molecule has 1 heterocycles. The van der Waals surface area contributed by atoms with Gasteiger partial charge in [-0.2, -0.15) is 5.10 Å². The largest absolute Gasteiger partial charge is 0.323 e. The number of nitrogens with zero attached hydrogens (tertiary/aromatic N) is 2. The molecule has 0 fully saturated rings. The molecule has 1 aromatic heterocycles. The van der Waals surface area contributed by atoms with Crippen LogP contribution in [0.5, 0.6) is 0 Å². The van der Waals surface area contributed by atoms with Crippen LogP contribution in [-0.2, 0) is 0 Å². The van der Waals surface area contributed by atoms with Crippen molar-refractivity contribution < 1.29 is 0 Å². The molecule has 2 N–H and O–H groups in total. The molecular formula is C14H10Cl2N4. The molecule has 6 heteroatoms. The van der Waals surface area contributed by atoms with Crippen LogP contribution in [0.15, 0.2) is 47.6 Å². The molecular weight excluding hydrogens is 295 g/mol. The van der Waals surface area contributed by atoms with E-state index in [0.29, 0.717) is 16.0 Å². The van der Waals surface area contributed by atoms with Gasteiger partial charge in [-0.25, -0.2) is 10.4 Å². The fourth-order valence-electron chi connectivity index (χ4n) is 1.79. The van der Waals surface area contributed by atoms with Gasteiger partial charge in [0.1, 0.15) is 0 Å². The number of fused-ring (bicyclic) bond motifs is 1. The van der Waals surface area contributed by atoms with Gasteiger partial charge in [-0.1, -0.05) is 47.5 Å². The van der Waals surface area contributed by atoms with E-state index in [1.807, 2.05) is 36.4 Å². The lowest BCUT2D eigenvalue weighted by molar-refractivity contribution is 1.21. The molecule has 0 aliphatic carbocycles. The molecule has 0 atom stereocenters. The fraction of sp³-hybridized carbons (Fsp3) is 0. The first-order valence-corrected chi connectivity index (χ1v) is 6.67. The normalized spacial score (nSPS) is 11.3. The van der Waals surface area contributed by atoms with Gasteiger partial charge < -0.3 is 4.98 Å². The monoisotopic (exact) mass is 304 g/mol. The van der Waals surface area contributed by atoms with Crippen molar-refractivity contribution in [1.82, 2.24) is 9.97 Å². The zero-order valence-electron chi connectivity index (χ0n) is 10.3. The minimum absolute atomic E-state index is 0.476. The third kappa shape index (κ3) is 2.61. The van der Waals surface area contributed by atoms with E-state index in [4.69, 9.17) is 23.2 Å². The molecule has 0 aliphatic rings. The molecule has 3 rings (SSSR count). The smallest absolute Gasteiger partial charge is 0.222 e. The van der Waals surface area contributed by atoms with Crippen LogP contribution in [0.25, 0.3) is 11.0 Å². The van der Waals surface area contributed by atoms with Gasteiger partial charge >= 0.3 is 0 Å². The summed E-state index contributed by atoms with van der Waals surface area (Å²) >= 11 is 12.0. The van der Waals surface area contributed by atoms with Crippen molar-refractivity contribution in [3.63, 3.8) is 0 Å². The number of hydrogen-bond acceptors (Lipinski definition) is 3. The van der Waals surface area contributed by atoms with E-state index in [9.17, 15) is 0 Å². The van der Waals surface area contributed by atoms with E-state index in [2.05, 4.69) is 20.5 Å². The predicted molar refractivity (Wildman–Crippen MR) is 83.8 cm³/mol. The Morgan fingerprint density at radius 3 is 2.80 bits per heavy atom. The van der Waals surface area contributed by atoms with Crippen molar-refractivity contribution >= 4 is 46.4 Å². The molecule has 2 aromatic carbocycles. The summed E-state index contributed by atoms with van der Waals surface area (Å²) in [4.78, 5) is 7.46. The lowest BCUT2D eigenvalue weighted by atomic mass is 10.2. The molecule has 0 spiro atoms. The van der Waals surface area contributed by atoms with Gasteiger partial charge in [0, 0.05) is 5.56 Å². The minimum atomic E-state index is 0.476. The van der Waals surface area contributed by atoms with Crippen LogP contribution >= 0.6 is 23.2 Å². The summed E-state index contributed by atoms with van der Waals surface area (Å²) in [6.45, 7) is 0. The van der Waals surface area contributed by atoms with Gasteiger partial charge in [-0.15, -0.1) is 0 Å². The Balaban J connectivity index is 1.78. The Labute approximate surface area is 125 Å². The first-order valence-electron chi connectivity index (χ1n) is 5.92. The number of para-hydroxylation sites is 2. The van der Waals surface area contributed by atoms with Crippen molar-refractivity contribution in [2.75, 3.05) is 5.43 Å². The average molecular weight is 305 g/mol.